The number of rotatable bonds is 28. The molecule has 4 aromatic carbocycles. The van der Waals surface area contributed by atoms with Gasteiger partial charge in [0.2, 0.25) is 0 Å². The van der Waals surface area contributed by atoms with Crippen LogP contribution in [-0.4, -0.2) is 99.7 Å². The number of aliphatic hydroxyl groups excluding tert-OH is 1. The second-order valence-corrected chi connectivity index (χ2v) is 17.3. The zero-order valence-electron chi connectivity index (χ0n) is 40.6. The van der Waals surface area contributed by atoms with E-state index in [4.69, 9.17) is 43.7 Å². The fraction of sp³-hybridized carbons (Fsp3) is 0.444. The van der Waals surface area contributed by atoms with Gasteiger partial charge in [-0.3, -0.25) is 0 Å². The van der Waals surface area contributed by atoms with Crippen LogP contribution in [0.3, 0.4) is 0 Å². The Labute approximate surface area is 417 Å². The van der Waals surface area contributed by atoms with Crippen LogP contribution in [0.15, 0.2) is 133 Å². The number of allylic oxidation sites excluding steroid dienone is 2. The number of ether oxygens (including phenoxy) is 6. The van der Waals surface area contributed by atoms with Crippen LogP contribution in [-0.2, 0) is 32.2 Å². The fourth-order valence-electron chi connectivity index (χ4n) is 5.93. The van der Waals surface area contributed by atoms with Crippen LogP contribution in [0.4, 0.5) is 0 Å². The van der Waals surface area contributed by atoms with E-state index < -0.39 is 23.5 Å². The predicted molar refractivity (Wildman–Crippen MR) is 276 cm³/mol. The molecule has 13 nitrogen and oxygen atoms in total. The zero-order chi connectivity index (χ0) is 50.5. The molecule has 0 aliphatic heterocycles. The molecule has 0 saturated heterocycles. The number of alkyl halides is 1. The Morgan fingerprint density at radius 2 is 0.897 bits per heavy atom. The molecule has 0 radical (unpaired) electrons. The number of methoxy groups -OCH3 is 2. The van der Waals surface area contributed by atoms with Gasteiger partial charge < -0.3 is 54.0 Å². The van der Waals surface area contributed by atoms with Crippen LogP contribution >= 0.6 is 22.6 Å². The van der Waals surface area contributed by atoms with Crippen molar-refractivity contribution in [3.05, 3.63) is 156 Å². The van der Waals surface area contributed by atoms with Crippen molar-refractivity contribution in [2.75, 3.05) is 38.5 Å². The molecular formula is C54H75IO13. The second-order valence-electron chi connectivity index (χ2n) is 16.2. The van der Waals surface area contributed by atoms with Crippen LogP contribution < -0.4 is 9.47 Å². The first-order valence-electron chi connectivity index (χ1n) is 22.7. The maximum atomic E-state index is 10.2. The third kappa shape index (κ3) is 33.8. The van der Waals surface area contributed by atoms with Crippen molar-refractivity contribution in [2.45, 2.75) is 116 Å². The summed E-state index contributed by atoms with van der Waals surface area (Å²) < 4.78 is 33.8. The Morgan fingerprint density at radius 3 is 1.19 bits per heavy atom. The first-order chi connectivity index (χ1) is 32.5. The lowest BCUT2D eigenvalue weighted by Gasteiger charge is -2.25. The van der Waals surface area contributed by atoms with Gasteiger partial charge in [-0.1, -0.05) is 108 Å². The second kappa shape index (κ2) is 37.3. The minimum atomic E-state index is -1.17. The monoisotopic (exact) mass is 1060 g/mol. The van der Waals surface area contributed by atoms with E-state index in [-0.39, 0.29) is 18.8 Å². The summed E-state index contributed by atoms with van der Waals surface area (Å²) in [5, 5.41) is 45.3. The van der Waals surface area contributed by atoms with Gasteiger partial charge in [-0.15, -0.1) is 0 Å². The molecule has 0 fully saturated rings. The van der Waals surface area contributed by atoms with E-state index in [0.29, 0.717) is 44.0 Å². The molecule has 0 bridgehead atoms. The molecule has 0 aliphatic rings. The molecule has 0 heterocycles. The van der Waals surface area contributed by atoms with E-state index in [9.17, 15) is 19.8 Å². The van der Waals surface area contributed by atoms with E-state index in [1.165, 1.54) is 0 Å². The van der Waals surface area contributed by atoms with Gasteiger partial charge in [-0.2, -0.15) is 0 Å². The van der Waals surface area contributed by atoms with Gasteiger partial charge in [-0.05, 0) is 139 Å². The molecule has 14 heteroatoms. The number of halogens is 1. The van der Waals surface area contributed by atoms with E-state index in [1.807, 2.05) is 48.5 Å². The first kappa shape index (κ1) is 61.4. The smallest absolute Gasteiger partial charge is 0.335 e. The van der Waals surface area contributed by atoms with E-state index >= 15 is 0 Å². The first-order valence-corrected chi connectivity index (χ1v) is 24.3. The molecule has 0 amide bonds. The number of carbonyl (C=O) groups is 2. The van der Waals surface area contributed by atoms with Gasteiger partial charge in [0, 0.05) is 11.0 Å². The highest BCUT2D eigenvalue weighted by Gasteiger charge is 2.20. The number of benzene rings is 4. The number of carboxylic acids is 2. The Morgan fingerprint density at radius 1 is 0.544 bits per heavy atom. The van der Waals surface area contributed by atoms with Crippen molar-refractivity contribution in [1.29, 1.82) is 0 Å². The average molecular weight is 1060 g/mol. The number of carboxylic acid groups (broad SMARTS) is 2. The molecule has 376 valence electrons. The van der Waals surface area contributed by atoms with Crippen molar-refractivity contribution < 1.29 is 63.5 Å². The third-order valence-electron chi connectivity index (χ3n) is 9.19. The summed E-state index contributed by atoms with van der Waals surface area (Å²) in [5.41, 5.74) is 2.94. The SMILES string of the molecule is COc1ccc(COCC/C=C\CC[C@H](CCI)OC(C)(C)O)cc1.COc1ccc(COCC/C=C\CC[C@H](CCO)OC(C)(C)O)cc1.O=C(O)c1ccccc1.O=C(O)c1ccccc1. The molecule has 5 N–H and O–H groups in total. The summed E-state index contributed by atoms with van der Waals surface area (Å²) in [6, 6.07) is 32.4. The molecule has 4 rings (SSSR count). The molecule has 0 saturated carbocycles. The summed E-state index contributed by atoms with van der Waals surface area (Å²) in [4.78, 5) is 20.4. The number of aliphatic hydroxyl groups is 3. The van der Waals surface area contributed by atoms with Gasteiger partial charge in [0.25, 0.3) is 0 Å². The van der Waals surface area contributed by atoms with Gasteiger partial charge in [-0.25, -0.2) is 9.59 Å². The Balaban J connectivity index is 0.000000499. The molecule has 0 aromatic heterocycles. The lowest BCUT2D eigenvalue weighted by molar-refractivity contribution is -0.209. The summed E-state index contributed by atoms with van der Waals surface area (Å²) in [6.45, 7) is 9.23. The van der Waals surface area contributed by atoms with Crippen LogP contribution in [0.25, 0.3) is 0 Å². The van der Waals surface area contributed by atoms with Crippen molar-refractivity contribution >= 4 is 34.5 Å². The lowest BCUT2D eigenvalue weighted by atomic mass is 10.1. The quantitative estimate of drug-likeness (QED) is 0.0119. The molecule has 4 aromatic rings. The van der Waals surface area contributed by atoms with Gasteiger partial charge >= 0.3 is 11.9 Å². The largest absolute Gasteiger partial charge is 0.497 e. The minimum absolute atomic E-state index is 0.0592. The Hall–Kier alpha value is -4.65. The third-order valence-corrected chi connectivity index (χ3v) is 9.81. The van der Waals surface area contributed by atoms with Crippen molar-refractivity contribution in [3.8, 4) is 11.5 Å². The van der Waals surface area contributed by atoms with Gasteiger partial charge in [0.05, 0.1) is 64.0 Å². The van der Waals surface area contributed by atoms with Crippen molar-refractivity contribution in [1.82, 2.24) is 0 Å². The van der Waals surface area contributed by atoms with E-state index in [1.54, 1.807) is 103 Å². The highest BCUT2D eigenvalue weighted by molar-refractivity contribution is 14.1. The summed E-state index contributed by atoms with van der Waals surface area (Å²) in [7, 11) is 3.32. The van der Waals surface area contributed by atoms with Crippen molar-refractivity contribution in [3.63, 3.8) is 0 Å². The molecule has 0 aliphatic carbocycles. The molecule has 0 unspecified atom stereocenters. The maximum Gasteiger partial charge on any atom is 0.335 e. The fourth-order valence-corrected chi connectivity index (χ4v) is 6.62. The van der Waals surface area contributed by atoms with Gasteiger partial charge in [0.1, 0.15) is 11.5 Å². The standard InChI is InChI=1S/C20H31IO4.C20H32O5.2C7H6O2/c2*1-20(2,22)25-19(13-14-21)8-6-4-5-7-15-24-16-17-9-11-18(23-3)12-10-17;2*8-7(9)6-4-2-1-3-5-6/h4-5,9-12,19,22H,6-8,13-16H2,1-3H3;4-5,9-12,19,21-22H,6-8,13-16H2,1-3H3;2*1-5H,(H,8,9)/b2*5-4-;;/t2*19-;;/m11../s1. The minimum Gasteiger partial charge on any atom is -0.497 e. The maximum absolute atomic E-state index is 10.2. The topological polar surface area (TPSA) is 191 Å². The number of hydrogen-bond donors (Lipinski definition) is 5. The van der Waals surface area contributed by atoms with E-state index in [0.717, 1.165) is 72.0 Å². The summed E-state index contributed by atoms with van der Waals surface area (Å²) in [6.07, 6.45) is 15.2. The Bertz CT molecular complexity index is 1770. The van der Waals surface area contributed by atoms with Gasteiger partial charge in [0.15, 0.2) is 11.6 Å². The molecule has 68 heavy (non-hydrogen) atoms. The zero-order valence-corrected chi connectivity index (χ0v) is 42.8. The van der Waals surface area contributed by atoms with Crippen molar-refractivity contribution in [2.24, 2.45) is 0 Å². The summed E-state index contributed by atoms with van der Waals surface area (Å²) >= 11 is 2.34. The molecule has 2 atom stereocenters. The number of aromatic carboxylic acids is 2. The van der Waals surface area contributed by atoms with Crippen LogP contribution in [0.2, 0.25) is 0 Å². The normalized spacial score (nSPS) is 12.1. The lowest BCUT2D eigenvalue weighted by Crippen LogP contribution is -2.30. The number of hydrogen-bond acceptors (Lipinski definition) is 11. The highest BCUT2D eigenvalue weighted by Crippen LogP contribution is 2.18. The molecule has 0 spiro atoms. The highest BCUT2D eigenvalue weighted by atomic mass is 127. The van der Waals surface area contributed by atoms with E-state index in [2.05, 4.69) is 46.9 Å². The van der Waals surface area contributed by atoms with Crippen LogP contribution in [0.5, 0.6) is 11.5 Å². The van der Waals surface area contributed by atoms with Crippen LogP contribution in [0.1, 0.15) is 111 Å². The van der Waals surface area contributed by atoms with Crippen LogP contribution in [0, 0.1) is 0 Å². The summed E-state index contributed by atoms with van der Waals surface area (Å²) in [5.74, 6) is -2.28. The molecular weight excluding hydrogens is 983 g/mol. The average Bonchev–Trinajstić information content (AvgIpc) is 3.31. The predicted octanol–water partition coefficient (Wildman–Crippen LogP) is 11.1. The Kier molecular flexibility index (Phi) is 33.6.